The normalized spacial score (nSPS) is 13.0. The molecular weight excluding hydrogens is 250 g/mol. The molecule has 0 amide bonds. The van der Waals surface area contributed by atoms with Gasteiger partial charge in [-0.15, -0.1) is 22.7 Å². The zero-order valence-electron chi connectivity index (χ0n) is 9.04. The summed E-state index contributed by atoms with van der Waals surface area (Å²) >= 11 is 3.40. The van der Waals surface area contributed by atoms with Gasteiger partial charge in [-0.3, -0.25) is 4.98 Å². The zero-order chi connectivity index (χ0) is 11.7. The number of aromatic nitrogens is 1. The van der Waals surface area contributed by atoms with Gasteiger partial charge < -0.3 is 5.11 Å². The van der Waals surface area contributed by atoms with Crippen LogP contribution in [0.1, 0.15) is 16.5 Å². The molecule has 0 aliphatic carbocycles. The van der Waals surface area contributed by atoms with E-state index >= 15 is 0 Å². The maximum Gasteiger partial charge on any atom is 0.0922 e. The van der Waals surface area contributed by atoms with Gasteiger partial charge in [-0.05, 0) is 35.2 Å². The average molecular weight is 261 g/mol. The Balaban J connectivity index is 1.82. The van der Waals surface area contributed by atoms with Gasteiger partial charge >= 0.3 is 0 Å². The number of pyridine rings is 1. The molecule has 1 N–H and O–H groups in total. The molecule has 17 heavy (non-hydrogen) atoms. The van der Waals surface area contributed by atoms with Gasteiger partial charge in [0.1, 0.15) is 0 Å². The van der Waals surface area contributed by atoms with Crippen LogP contribution in [0.25, 0.3) is 9.40 Å². The predicted octanol–water partition coefficient (Wildman–Crippen LogP) is 3.63. The molecule has 4 heteroatoms. The third-order valence-corrected chi connectivity index (χ3v) is 4.86. The Morgan fingerprint density at radius 2 is 2.00 bits per heavy atom. The van der Waals surface area contributed by atoms with Crippen LogP contribution >= 0.6 is 22.7 Å². The second kappa shape index (κ2) is 4.56. The van der Waals surface area contributed by atoms with Crippen molar-refractivity contribution in [1.82, 2.24) is 4.98 Å². The van der Waals surface area contributed by atoms with Crippen molar-refractivity contribution in [3.63, 3.8) is 0 Å². The molecule has 3 rings (SSSR count). The van der Waals surface area contributed by atoms with Crippen LogP contribution in [0.4, 0.5) is 0 Å². The Bertz CT molecular complexity index is 586. The van der Waals surface area contributed by atoms with Crippen LogP contribution in [0, 0.1) is 0 Å². The van der Waals surface area contributed by atoms with Crippen molar-refractivity contribution in [2.24, 2.45) is 0 Å². The fourth-order valence-corrected chi connectivity index (χ4v) is 3.90. The van der Waals surface area contributed by atoms with Gasteiger partial charge in [-0.25, -0.2) is 0 Å². The van der Waals surface area contributed by atoms with Crippen molar-refractivity contribution in [2.75, 3.05) is 0 Å². The van der Waals surface area contributed by atoms with Crippen molar-refractivity contribution in [3.8, 4) is 0 Å². The van der Waals surface area contributed by atoms with E-state index in [1.807, 2.05) is 12.1 Å². The Morgan fingerprint density at radius 3 is 2.76 bits per heavy atom. The molecule has 0 aliphatic rings. The molecule has 0 saturated carbocycles. The second-order valence-electron chi connectivity index (χ2n) is 3.87. The van der Waals surface area contributed by atoms with Crippen LogP contribution in [-0.2, 0) is 6.42 Å². The van der Waals surface area contributed by atoms with Gasteiger partial charge in [-0.2, -0.15) is 0 Å². The summed E-state index contributed by atoms with van der Waals surface area (Å²) < 4.78 is 2.53. The topological polar surface area (TPSA) is 33.1 Å². The molecule has 3 aromatic rings. The fourth-order valence-electron chi connectivity index (χ4n) is 1.79. The highest BCUT2D eigenvalue weighted by molar-refractivity contribution is 7.26. The maximum absolute atomic E-state index is 10.2. The number of hydrogen-bond acceptors (Lipinski definition) is 4. The van der Waals surface area contributed by atoms with E-state index in [1.165, 1.54) is 9.40 Å². The van der Waals surface area contributed by atoms with Crippen LogP contribution in [0.5, 0.6) is 0 Å². The summed E-state index contributed by atoms with van der Waals surface area (Å²) in [5.41, 5.74) is 1.12. The SMILES string of the molecule is OC(Cc1ccncc1)c1cc2sccc2s1. The number of aliphatic hydroxyl groups is 1. The van der Waals surface area contributed by atoms with Gasteiger partial charge in [0.15, 0.2) is 0 Å². The molecule has 3 heterocycles. The second-order valence-corrected chi connectivity index (χ2v) is 5.94. The first-order chi connectivity index (χ1) is 8.33. The first kappa shape index (κ1) is 10.9. The summed E-state index contributed by atoms with van der Waals surface area (Å²) in [6.45, 7) is 0. The maximum atomic E-state index is 10.2. The lowest BCUT2D eigenvalue weighted by atomic mass is 10.1. The highest BCUT2D eigenvalue weighted by Crippen LogP contribution is 2.34. The van der Waals surface area contributed by atoms with Crippen LogP contribution in [-0.4, -0.2) is 10.1 Å². The van der Waals surface area contributed by atoms with Gasteiger partial charge in [0.2, 0.25) is 0 Å². The summed E-state index contributed by atoms with van der Waals surface area (Å²) in [4.78, 5) is 5.02. The molecule has 0 fully saturated rings. The largest absolute Gasteiger partial charge is 0.387 e. The van der Waals surface area contributed by atoms with E-state index in [1.54, 1.807) is 35.1 Å². The fraction of sp³-hybridized carbons (Fsp3) is 0.154. The Kier molecular flexibility index (Phi) is 2.93. The molecule has 0 aromatic carbocycles. The van der Waals surface area contributed by atoms with Crippen molar-refractivity contribution in [2.45, 2.75) is 12.5 Å². The molecule has 3 aromatic heterocycles. The minimum Gasteiger partial charge on any atom is -0.387 e. The Labute approximate surface area is 107 Å². The number of nitrogens with zero attached hydrogens (tertiary/aromatic N) is 1. The van der Waals surface area contributed by atoms with Crippen molar-refractivity contribution in [3.05, 3.63) is 52.5 Å². The monoisotopic (exact) mass is 261 g/mol. The number of aliphatic hydroxyl groups excluding tert-OH is 1. The van der Waals surface area contributed by atoms with Crippen LogP contribution < -0.4 is 0 Å². The number of rotatable bonds is 3. The van der Waals surface area contributed by atoms with E-state index in [0.717, 1.165) is 10.4 Å². The number of hydrogen-bond donors (Lipinski definition) is 1. The lowest BCUT2D eigenvalue weighted by Crippen LogP contribution is -1.99. The molecule has 1 atom stereocenters. The highest BCUT2D eigenvalue weighted by atomic mass is 32.1. The number of fused-ring (bicyclic) bond motifs is 1. The van der Waals surface area contributed by atoms with Gasteiger partial charge in [0.05, 0.1) is 6.10 Å². The van der Waals surface area contributed by atoms with Crippen molar-refractivity contribution in [1.29, 1.82) is 0 Å². The standard InChI is InChI=1S/C13H11NOS2/c15-10(7-9-1-4-14-5-2-9)12-8-13-11(17-12)3-6-16-13/h1-6,8,10,15H,7H2. The van der Waals surface area contributed by atoms with Crippen LogP contribution in [0.2, 0.25) is 0 Å². The Morgan fingerprint density at radius 1 is 1.18 bits per heavy atom. The smallest absolute Gasteiger partial charge is 0.0922 e. The highest BCUT2D eigenvalue weighted by Gasteiger charge is 2.12. The summed E-state index contributed by atoms with van der Waals surface area (Å²) in [5, 5.41) is 12.3. The zero-order valence-corrected chi connectivity index (χ0v) is 10.7. The van der Waals surface area contributed by atoms with Gasteiger partial charge in [0, 0.05) is 33.1 Å². The molecule has 1 unspecified atom stereocenters. The minimum atomic E-state index is -0.415. The first-order valence-corrected chi connectivity index (χ1v) is 7.06. The molecule has 0 spiro atoms. The minimum absolute atomic E-state index is 0.415. The molecule has 0 saturated heterocycles. The molecule has 0 bridgehead atoms. The molecule has 2 nitrogen and oxygen atoms in total. The average Bonchev–Trinajstić information content (AvgIpc) is 2.90. The van der Waals surface area contributed by atoms with E-state index in [-0.39, 0.29) is 0 Å². The van der Waals surface area contributed by atoms with Crippen LogP contribution in [0.3, 0.4) is 0 Å². The summed E-state index contributed by atoms with van der Waals surface area (Å²) in [6, 6.07) is 8.09. The van der Waals surface area contributed by atoms with Crippen molar-refractivity contribution < 1.29 is 5.11 Å². The van der Waals surface area contributed by atoms with E-state index < -0.39 is 6.10 Å². The molecule has 0 aliphatic heterocycles. The first-order valence-electron chi connectivity index (χ1n) is 5.37. The van der Waals surface area contributed by atoms with Gasteiger partial charge in [-0.1, -0.05) is 0 Å². The van der Waals surface area contributed by atoms with E-state index in [2.05, 4.69) is 22.5 Å². The number of thiophene rings is 2. The quantitative estimate of drug-likeness (QED) is 0.781. The van der Waals surface area contributed by atoms with E-state index in [4.69, 9.17) is 0 Å². The lowest BCUT2D eigenvalue weighted by molar-refractivity contribution is 0.182. The van der Waals surface area contributed by atoms with E-state index in [9.17, 15) is 5.11 Å². The third-order valence-electron chi connectivity index (χ3n) is 2.67. The molecule has 86 valence electrons. The van der Waals surface area contributed by atoms with Gasteiger partial charge in [0.25, 0.3) is 0 Å². The summed E-state index contributed by atoms with van der Waals surface area (Å²) in [5.74, 6) is 0. The lowest BCUT2D eigenvalue weighted by Gasteiger charge is -2.07. The predicted molar refractivity (Wildman–Crippen MR) is 72.6 cm³/mol. The molecule has 0 radical (unpaired) electrons. The van der Waals surface area contributed by atoms with Crippen LogP contribution in [0.15, 0.2) is 42.0 Å². The third kappa shape index (κ3) is 2.24. The summed E-state index contributed by atoms with van der Waals surface area (Å²) in [7, 11) is 0. The van der Waals surface area contributed by atoms with E-state index in [0.29, 0.717) is 6.42 Å². The molecular formula is C13H11NOS2. The Hall–Kier alpha value is -1.23. The van der Waals surface area contributed by atoms with Crippen molar-refractivity contribution >= 4 is 32.1 Å². The summed E-state index contributed by atoms with van der Waals surface area (Å²) in [6.07, 6.45) is 3.75.